The molecule has 0 aromatic heterocycles. The number of hydrogen-bond acceptors (Lipinski definition) is 15. The molecule has 278 valence electrons. The number of hydrogen-bond donors (Lipinski definition) is 5. The highest BCUT2D eigenvalue weighted by molar-refractivity contribution is 6.38. The van der Waals surface area contributed by atoms with Crippen LogP contribution in [0.25, 0.3) is 11.1 Å². The Morgan fingerprint density at radius 2 is 1.32 bits per heavy atom. The Morgan fingerprint density at radius 1 is 0.774 bits per heavy atom. The normalized spacial score (nSPS) is 33.9. The van der Waals surface area contributed by atoms with E-state index in [1.54, 1.807) is 0 Å². The average molecular weight is 733 g/mol. The molecule has 2 fully saturated rings. The molecule has 1 saturated heterocycles. The predicted molar refractivity (Wildman–Crippen MR) is 177 cm³/mol. The fourth-order valence-corrected chi connectivity index (χ4v) is 9.64. The molecule has 1 saturated carbocycles. The summed E-state index contributed by atoms with van der Waals surface area (Å²) in [4.78, 5) is 93.0. The van der Waals surface area contributed by atoms with E-state index in [9.17, 15) is 59.1 Å². The van der Waals surface area contributed by atoms with Crippen LogP contribution >= 0.6 is 0 Å². The van der Waals surface area contributed by atoms with Crippen LogP contribution in [0.2, 0.25) is 0 Å². The molecule has 0 unspecified atom stereocenters. The lowest BCUT2D eigenvalue weighted by Gasteiger charge is -2.46. The molecule has 15 nitrogen and oxygen atoms in total. The summed E-state index contributed by atoms with van der Waals surface area (Å²) in [5.41, 5.74) is -11.3. The van der Waals surface area contributed by atoms with Gasteiger partial charge >= 0.3 is 11.9 Å². The minimum Gasteiger partial charge on any atom is -0.507 e. The number of aliphatic hydroxyl groups excluding tert-OH is 1. The first-order valence-corrected chi connectivity index (χ1v) is 16.9. The Balaban J connectivity index is 1.35. The van der Waals surface area contributed by atoms with Gasteiger partial charge in [-0.15, -0.1) is 0 Å². The molecular weight excluding hydrogens is 696 g/mol. The van der Waals surface area contributed by atoms with Gasteiger partial charge in [0.05, 0.1) is 34.2 Å². The Kier molecular flexibility index (Phi) is 7.67. The zero-order valence-corrected chi connectivity index (χ0v) is 29.4. The number of ketones is 5. The van der Waals surface area contributed by atoms with E-state index in [1.807, 2.05) is 0 Å². The van der Waals surface area contributed by atoms with Crippen LogP contribution in [-0.4, -0.2) is 101 Å². The van der Waals surface area contributed by atoms with Gasteiger partial charge < -0.3 is 39.7 Å². The van der Waals surface area contributed by atoms with E-state index in [1.165, 1.54) is 45.9 Å². The number of carbonyl (C=O) groups excluding carboxylic acids is 7. The zero-order chi connectivity index (χ0) is 39.1. The first kappa shape index (κ1) is 36.3. The maximum Gasteiger partial charge on any atom is 0.302 e. The topological polar surface area (TPSA) is 252 Å². The van der Waals surface area contributed by atoms with Gasteiger partial charge in [-0.05, 0) is 45.9 Å². The number of allylic oxidation sites excluding steroid dienone is 1. The van der Waals surface area contributed by atoms with Gasteiger partial charge in [0.15, 0.2) is 34.3 Å². The van der Waals surface area contributed by atoms with Crippen LogP contribution in [0, 0.1) is 11.8 Å². The molecular formula is C38H36O15. The highest BCUT2D eigenvalue weighted by atomic mass is 16.7. The van der Waals surface area contributed by atoms with E-state index >= 15 is 0 Å². The third kappa shape index (κ3) is 4.57. The van der Waals surface area contributed by atoms with Gasteiger partial charge in [-0.1, -0.05) is 6.07 Å². The van der Waals surface area contributed by atoms with Crippen LogP contribution in [0.5, 0.6) is 11.5 Å². The van der Waals surface area contributed by atoms with Crippen molar-refractivity contribution in [2.75, 3.05) is 0 Å². The number of aromatic hydroxyl groups is 2. The molecule has 2 aromatic rings. The monoisotopic (exact) mass is 732 g/mol. The third-order valence-corrected chi connectivity index (χ3v) is 11.4. The van der Waals surface area contributed by atoms with Crippen LogP contribution < -0.4 is 0 Å². The zero-order valence-electron chi connectivity index (χ0n) is 29.4. The summed E-state index contributed by atoms with van der Waals surface area (Å²) in [5.74, 6) is -10.2. The van der Waals surface area contributed by atoms with Gasteiger partial charge in [0, 0.05) is 60.1 Å². The number of fused-ring (bicyclic) bond motifs is 2. The number of Topliss-reactive ketones (excluding diaryl/α,β-unsaturated/α-hetero) is 5. The predicted octanol–water partition coefficient (Wildman–Crippen LogP) is 1.76. The van der Waals surface area contributed by atoms with Crippen molar-refractivity contribution in [3.05, 3.63) is 57.7 Å². The van der Waals surface area contributed by atoms with Gasteiger partial charge in [0.2, 0.25) is 5.78 Å². The molecule has 5 aliphatic rings. The first-order valence-electron chi connectivity index (χ1n) is 16.9. The van der Waals surface area contributed by atoms with Gasteiger partial charge in [-0.2, -0.15) is 0 Å². The van der Waals surface area contributed by atoms with Crippen molar-refractivity contribution in [2.24, 2.45) is 11.8 Å². The van der Waals surface area contributed by atoms with Gasteiger partial charge in [-0.25, -0.2) is 0 Å². The maximum atomic E-state index is 14.3. The van der Waals surface area contributed by atoms with E-state index in [0.717, 1.165) is 19.9 Å². The molecule has 53 heavy (non-hydrogen) atoms. The standard InChI is InChI=1S/C38H36O15/c1-13(51-15(3)39)27-26-25(21(41)11-35(27,5)49)31(46)23-19(30(26)45)9-7-17(28(23)43)18-8-10-20-24(29(18)44)34(48)37-22(42)12-36(6,50)32(14(2)52-16(4)40)38(37,53-37)33(20)47/h7-10,13-14,27,32,34,43-44,48-50H,11-12H2,1-6H3/t13-,14+,27+,32-,34+,35-,36-,37+,38-/m0/s1. The second kappa shape index (κ2) is 11.2. The van der Waals surface area contributed by atoms with E-state index in [0.29, 0.717) is 0 Å². The molecule has 1 aliphatic heterocycles. The van der Waals surface area contributed by atoms with Crippen molar-refractivity contribution in [1.82, 2.24) is 0 Å². The van der Waals surface area contributed by atoms with Crippen LogP contribution in [-0.2, 0) is 33.4 Å². The molecule has 0 bridgehead atoms. The molecule has 2 aromatic carbocycles. The molecule has 1 heterocycles. The number of carbonyl (C=O) groups is 7. The van der Waals surface area contributed by atoms with Crippen molar-refractivity contribution in [2.45, 2.75) is 95.1 Å². The van der Waals surface area contributed by atoms with Crippen molar-refractivity contribution >= 4 is 40.9 Å². The van der Waals surface area contributed by atoms with Crippen molar-refractivity contribution in [1.29, 1.82) is 0 Å². The number of epoxide rings is 1. The van der Waals surface area contributed by atoms with Gasteiger partial charge in [0.1, 0.15) is 29.8 Å². The van der Waals surface area contributed by atoms with Crippen molar-refractivity contribution in [3.63, 3.8) is 0 Å². The molecule has 15 heteroatoms. The van der Waals surface area contributed by atoms with Crippen LogP contribution in [0.1, 0.15) is 97.1 Å². The van der Waals surface area contributed by atoms with Crippen LogP contribution in [0.3, 0.4) is 0 Å². The highest BCUT2D eigenvalue weighted by Gasteiger charge is 2.90. The van der Waals surface area contributed by atoms with Crippen molar-refractivity contribution < 1.29 is 73.3 Å². The van der Waals surface area contributed by atoms with Crippen molar-refractivity contribution in [3.8, 4) is 22.6 Å². The van der Waals surface area contributed by atoms with E-state index in [2.05, 4.69) is 0 Å². The lowest BCUT2D eigenvalue weighted by atomic mass is 9.56. The second-order valence-electron chi connectivity index (χ2n) is 15.1. The minimum absolute atomic E-state index is 0.236. The lowest BCUT2D eigenvalue weighted by molar-refractivity contribution is -0.162. The summed E-state index contributed by atoms with van der Waals surface area (Å²) >= 11 is 0. The Labute approximate surface area is 301 Å². The number of rotatable bonds is 5. The molecule has 0 radical (unpaired) electrons. The highest BCUT2D eigenvalue weighted by Crippen LogP contribution is 2.71. The number of ether oxygens (including phenoxy) is 3. The smallest absolute Gasteiger partial charge is 0.302 e. The Bertz CT molecular complexity index is 2170. The Morgan fingerprint density at radius 3 is 1.92 bits per heavy atom. The van der Waals surface area contributed by atoms with Gasteiger partial charge in [0.25, 0.3) is 0 Å². The summed E-state index contributed by atoms with van der Waals surface area (Å²) in [7, 11) is 0. The quantitative estimate of drug-likeness (QED) is 0.167. The molecule has 5 N–H and O–H groups in total. The van der Waals surface area contributed by atoms with E-state index in [-0.39, 0.29) is 27.8 Å². The molecule has 0 spiro atoms. The number of esters is 2. The van der Waals surface area contributed by atoms with Crippen LogP contribution in [0.4, 0.5) is 0 Å². The number of phenols is 2. The lowest BCUT2D eigenvalue weighted by Crippen LogP contribution is -2.65. The number of aliphatic hydroxyl groups is 3. The second-order valence-corrected chi connectivity index (χ2v) is 15.1. The first-order chi connectivity index (χ1) is 24.6. The molecule has 0 amide bonds. The summed E-state index contributed by atoms with van der Waals surface area (Å²) in [6.07, 6.45) is -5.49. The minimum atomic E-state index is -2.26. The molecule has 7 rings (SSSR count). The number of phenolic OH excluding ortho intramolecular Hbond substituents is 2. The maximum absolute atomic E-state index is 14.3. The van der Waals surface area contributed by atoms with E-state index in [4.69, 9.17) is 14.2 Å². The summed E-state index contributed by atoms with van der Waals surface area (Å²) in [5, 5.41) is 57.7. The van der Waals surface area contributed by atoms with Crippen LogP contribution in [0.15, 0.2) is 35.4 Å². The molecule has 4 aliphatic carbocycles. The van der Waals surface area contributed by atoms with Gasteiger partial charge in [-0.3, -0.25) is 33.6 Å². The third-order valence-electron chi connectivity index (χ3n) is 11.4. The molecule has 9 atom stereocenters. The fraction of sp³-hybridized carbons (Fsp3) is 0.447. The SMILES string of the molecule is CC(=O)O[C@@H](C)[C@@H]1C2=C(C(=O)C[C@]1(C)O)C(=O)c1c(ccc(-c3ccc4c(c3O)[C@@H](O)[C@@]35O[C@]3(C4=O)[C@@H]([C@@H](C)OC(C)=O)[C@@](C)(O)CC5=O)c1O)C2=O. The Hall–Kier alpha value is -5.09. The summed E-state index contributed by atoms with van der Waals surface area (Å²) < 4.78 is 16.5. The number of benzene rings is 2. The largest absolute Gasteiger partial charge is 0.507 e. The summed E-state index contributed by atoms with van der Waals surface area (Å²) in [6.45, 7) is 7.65. The average Bonchev–Trinajstić information content (AvgIpc) is 3.73. The summed E-state index contributed by atoms with van der Waals surface area (Å²) in [6, 6.07) is 4.74. The fourth-order valence-electron chi connectivity index (χ4n) is 9.64. The van der Waals surface area contributed by atoms with E-state index < -0.39 is 134 Å².